The molecule has 9 atom stereocenters. The maximum Gasteiger partial charge on any atom is 0.249 e. The number of rotatable bonds is 32. The number of allylic oxidation sites excluding steroid dienone is 6. The summed E-state index contributed by atoms with van der Waals surface area (Å²) < 4.78 is 11.0. The van der Waals surface area contributed by atoms with E-state index in [-0.39, 0.29) is 12.8 Å². The van der Waals surface area contributed by atoms with Gasteiger partial charge in [0.1, 0.15) is 36.6 Å². The predicted molar refractivity (Wildman–Crippen MR) is 205 cm³/mol. The Kier molecular flexibility index (Phi) is 29.4. The van der Waals surface area contributed by atoms with E-state index in [0.29, 0.717) is 19.3 Å². The number of hydrogen-bond donors (Lipinski definition) is 8. The van der Waals surface area contributed by atoms with Crippen LogP contribution in [-0.4, -0.2) is 110 Å². The Balaban J connectivity index is 2.59. The van der Waals surface area contributed by atoms with E-state index in [0.717, 1.165) is 51.4 Å². The molecule has 1 saturated heterocycles. The number of unbranched alkanes of at least 4 members (excludes halogenated alkanes) is 14. The summed E-state index contributed by atoms with van der Waals surface area (Å²) in [7, 11) is 0. The number of hydrogen-bond acceptors (Lipinski definition) is 10. The van der Waals surface area contributed by atoms with Crippen LogP contribution < -0.4 is 5.32 Å². The summed E-state index contributed by atoms with van der Waals surface area (Å²) in [5, 5.41) is 75.2. The Morgan fingerprint density at radius 3 is 1.73 bits per heavy atom. The topological polar surface area (TPSA) is 189 Å². The van der Waals surface area contributed by atoms with Crippen molar-refractivity contribution in [3.8, 4) is 0 Å². The average Bonchev–Trinajstić information content (AvgIpc) is 3.14. The van der Waals surface area contributed by atoms with Crippen LogP contribution in [0.5, 0.6) is 0 Å². The fourth-order valence-corrected chi connectivity index (χ4v) is 6.15. The summed E-state index contributed by atoms with van der Waals surface area (Å²) in [5.74, 6) is -0.725. The minimum absolute atomic E-state index is 0.235. The second-order valence-electron chi connectivity index (χ2n) is 14.3. The largest absolute Gasteiger partial charge is 0.394 e. The first-order chi connectivity index (χ1) is 25.2. The number of nitrogens with one attached hydrogen (secondary N) is 1. The van der Waals surface area contributed by atoms with E-state index >= 15 is 0 Å². The maximum atomic E-state index is 13.0. The highest BCUT2D eigenvalue weighted by atomic mass is 16.7. The third-order valence-electron chi connectivity index (χ3n) is 9.64. The third-order valence-corrected chi connectivity index (χ3v) is 9.64. The molecule has 0 aromatic heterocycles. The van der Waals surface area contributed by atoms with Crippen LogP contribution in [0.4, 0.5) is 0 Å². The molecule has 11 nitrogen and oxygen atoms in total. The van der Waals surface area contributed by atoms with Crippen molar-refractivity contribution >= 4 is 5.91 Å². The van der Waals surface area contributed by atoms with Crippen LogP contribution >= 0.6 is 0 Å². The van der Waals surface area contributed by atoms with Gasteiger partial charge in [-0.2, -0.15) is 0 Å². The van der Waals surface area contributed by atoms with Crippen LogP contribution in [0, 0.1) is 0 Å². The molecule has 9 unspecified atom stereocenters. The van der Waals surface area contributed by atoms with Gasteiger partial charge >= 0.3 is 0 Å². The van der Waals surface area contributed by atoms with Crippen molar-refractivity contribution in [2.45, 2.75) is 204 Å². The normalized spacial score (nSPS) is 23.4. The van der Waals surface area contributed by atoms with Gasteiger partial charge in [0.15, 0.2) is 6.29 Å². The summed E-state index contributed by atoms with van der Waals surface area (Å²) in [5.41, 5.74) is 0. The minimum atomic E-state index is -1.67. The number of aliphatic hydroxyl groups excluding tert-OH is 7. The van der Waals surface area contributed by atoms with E-state index in [1.165, 1.54) is 51.4 Å². The second kappa shape index (κ2) is 31.7. The molecule has 1 aliphatic rings. The zero-order chi connectivity index (χ0) is 38.4. The van der Waals surface area contributed by atoms with Gasteiger partial charge in [-0.05, 0) is 77.0 Å². The number of ether oxygens (including phenoxy) is 2. The zero-order valence-electron chi connectivity index (χ0n) is 32.3. The molecule has 1 aliphatic heterocycles. The highest BCUT2D eigenvalue weighted by molar-refractivity contribution is 5.80. The molecule has 1 rings (SSSR count). The highest BCUT2D eigenvalue weighted by Gasteiger charge is 2.44. The molecule has 0 bridgehead atoms. The summed E-state index contributed by atoms with van der Waals surface area (Å²) in [6.45, 7) is 3.33. The van der Waals surface area contributed by atoms with Crippen molar-refractivity contribution in [3.05, 3.63) is 36.5 Å². The monoisotopic (exact) mass is 742 g/mol. The molecule has 1 amide bonds. The predicted octanol–water partition coefficient (Wildman–Crippen LogP) is 5.27. The molecule has 1 heterocycles. The Labute approximate surface area is 314 Å². The first-order valence-corrected chi connectivity index (χ1v) is 20.4. The van der Waals surface area contributed by atoms with Gasteiger partial charge in [-0.3, -0.25) is 4.79 Å². The Morgan fingerprint density at radius 2 is 1.15 bits per heavy atom. The van der Waals surface area contributed by atoms with Crippen molar-refractivity contribution < 1.29 is 50.0 Å². The molecule has 0 radical (unpaired) electrons. The van der Waals surface area contributed by atoms with Gasteiger partial charge < -0.3 is 50.5 Å². The zero-order valence-corrected chi connectivity index (χ0v) is 32.3. The van der Waals surface area contributed by atoms with E-state index < -0.39 is 74.2 Å². The first-order valence-electron chi connectivity index (χ1n) is 20.4. The Hall–Kier alpha value is -1.67. The minimum Gasteiger partial charge on any atom is -0.394 e. The summed E-state index contributed by atoms with van der Waals surface area (Å²) in [6.07, 6.45) is 22.1. The Morgan fingerprint density at radius 1 is 0.654 bits per heavy atom. The first kappa shape index (κ1) is 48.3. The molecule has 0 saturated carbocycles. The lowest BCUT2D eigenvalue weighted by atomic mass is 9.98. The van der Waals surface area contributed by atoms with Gasteiger partial charge in [-0.1, -0.05) is 108 Å². The molecule has 0 aromatic rings. The van der Waals surface area contributed by atoms with Gasteiger partial charge in [-0.25, -0.2) is 0 Å². The number of carbonyl (C=O) groups is 1. The van der Waals surface area contributed by atoms with Gasteiger partial charge in [0.05, 0.1) is 25.4 Å². The van der Waals surface area contributed by atoms with Gasteiger partial charge in [0.2, 0.25) is 5.91 Å². The van der Waals surface area contributed by atoms with E-state index in [1.807, 2.05) is 0 Å². The van der Waals surface area contributed by atoms with Crippen molar-refractivity contribution in [2.24, 2.45) is 0 Å². The smallest absolute Gasteiger partial charge is 0.249 e. The molecule has 11 heteroatoms. The summed E-state index contributed by atoms with van der Waals surface area (Å²) in [6, 6.07) is -1.19. The van der Waals surface area contributed by atoms with Crippen molar-refractivity contribution in [1.82, 2.24) is 5.32 Å². The Bertz CT molecular complexity index is 945. The maximum absolute atomic E-state index is 13.0. The second-order valence-corrected chi connectivity index (χ2v) is 14.3. The van der Waals surface area contributed by atoms with Crippen molar-refractivity contribution in [2.75, 3.05) is 13.2 Å². The van der Waals surface area contributed by atoms with Crippen LogP contribution in [0.15, 0.2) is 36.5 Å². The van der Waals surface area contributed by atoms with Crippen LogP contribution in [0.25, 0.3) is 0 Å². The lowest BCUT2D eigenvalue weighted by Crippen LogP contribution is -2.60. The van der Waals surface area contributed by atoms with E-state index in [4.69, 9.17) is 9.47 Å². The van der Waals surface area contributed by atoms with Gasteiger partial charge in [0, 0.05) is 0 Å². The standard InChI is InChI=1S/C41H75NO10/c1-3-5-7-9-11-13-15-16-17-19-20-22-24-26-28-33(44)36(46)32(31-51-41-39(49)38(48)37(47)35(30-43)52-41)42-40(50)34(45)29-27-25-23-21-18-14-12-10-8-6-4-2/h12,14-16,20,22,32-39,41,43-49H,3-11,13,17-19,21,23-31H2,1-2H3,(H,42,50)/b14-12-,16-15+,22-20+. The number of carbonyl (C=O) groups excluding carboxylic acids is 1. The van der Waals surface area contributed by atoms with E-state index in [9.17, 15) is 40.5 Å². The van der Waals surface area contributed by atoms with Crippen LogP contribution in [0.2, 0.25) is 0 Å². The number of amides is 1. The van der Waals surface area contributed by atoms with Crippen LogP contribution in [-0.2, 0) is 14.3 Å². The lowest BCUT2D eigenvalue weighted by Gasteiger charge is -2.40. The van der Waals surface area contributed by atoms with Crippen molar-refractivity contribution in [3.63, 3.8) is 0 Å². The van der Waals surface area contributed by atoms with Crippen LogP contribution in [0.1, 0.15) is 149 Å². The fourth-order valence-electron chi connectivity index (χ4n) is 6.15. The molecule has 0 aromatic carbocycles. The molecule has 0 aliphatic carbocycles. The molecule has 1 fully saturated rings. The number of aliphatic hydroxyl groups is 7. The summed E-state index contributed by atoms with van der Waals surface area (Å²) in [4.78, 5) is 13.0. The van der Waals surface area contributed by atoms with Gasteiger partial charge in [-0.15, -0.1) is 0 Å². The van der Waals surface area contributed by atoms with Crippen LogP contribution in [0.3, 0.4) is 0 Å². The van der Waals surface area contributed by atoms with E-state index in [1.54, 1.807) is 0 Å². The fraction of sp³-hybridized carbons (Fsp3) is 0.829. The quantitative estimate of drug-likeness (QED) is 0.0333. The molecule has 8 N–H and O–H groups in total. The molecular formula is C41H75NO10. The van der Waals surface area contributed by atoms with E-state index in [2.05, 4.69) is 55.6 Å². The molecule has 0 spiro atoms. The van der Waals surface area contributed by atoms with Crippen molar-refractivity contribution in [1.29, 1.82) is 0 Å². The molecular weight excluding hydrogens is 666 g/mol. The summed E-state index contributed by atoms with van der Waals surface area (Å²) >= 11 is 0. The highest BCUT2D eigenvalue weighted by Crippen LogP contribution is 2.23. The molecule has 52 heavy (non-hydrogen) atoms. The third kappa shape index (κ3) is 21.9. The van der Waals surface area contributed by atoms with Gasteiger partial charge in [0.25, 0.3) is 0 Å². The molecule has 304 valence electrons. The average molecular weight is 742 g/mol. The lowest BCUT2D eigenvalue weighted by molar-refractivity contribution is -0.303. The SMILES string of the molecule is CCCCC/C=C\CCCCCCC(O)C(=O)NC(COC1OC(CO)C(O)C(O)C1O)C(O)C(O)CCC/C=C/CC/C=C/CCCCCCC.